The van der Waals surface area contributed by atoms with Gasteiger partial charge < -0.3 is 5.11 Å². The van der Waals surface area contributed by atoms with Crippen LogP contribution in [0.3, 0.4) is 0 Å². The molecule has 0 bridgehead atoms. The smallest absolute Gasteiger partial charge is 0.339 e. The Morgan fingerprint density at radius 1 is 1.11 bits per heavy atom. The maximum Gasteiger partial charge on any atom is 0.339 e. The zero-order valence-corrected chi connectivity index (χ0v) is 15.5. The van der Waals surface area contributed by atoms with Crippen molar-refractivity contribution in [3.05, 3.63) is 64.2 Å². The molecule has 0 fully saturated rings. The number of nitrogens with zero attached hydrogens (tertiary/aromatic N) is 3. The second-order valence-corrected chi connectivity index (χ2v) is 6.23. The van der Waals surface area contributed by atoms with Crippen LogP contribution in [0, 0.1) is 17.5 Å². The largest absolute Gasteiger partial charge is 0.478 e. The normalized spacial score (nSPS) is 10.9. The Labute approximate surface area is 164 Å². The highest BCUT2D eigenvalue weighted by molar-refractivity contribution is 9.08. The van der Waals surface area contributed by atoms with Gasteiger partial charge in [0.1, 0.15) is 22.9 Å². The molecule has 0 saturated carbocycles. The summed E-state index contributed by atoms with van der Waals surface area (Å²) in [7, 11) is 0. The number of carboxylic acids is 1. The van der Waals surface area contributed by atoms with Crippen LogP contribution < -0.4 is 0 Å². The molecule has 2 aromatic heterocycles. The Bertz CT molecular complexity index is 1070. The summed E-state index contributed by atoms with van der Waals surface area (Å²) in [6.07, 6.45) is 0.783. The van der Waals surface area contributed by atoms with Crippen molar-refractivity contribution in [1.82, 2.24) is 15.0 Å². The molecule has 0 aliphatic rings. The number of rotatable bonds is 4. The van der Waals surface area contributed by atoms with E-state index in [1.807, 2.05) is 0 Å². The third-order valence-corrected chi connectivity index (χ3v) is 4.37. The van der Waals surface area contributed by atoms with Gasteiger partial charge in [-0.15, -0.1) is 0 Å². The van der Waals surface area contributed by atoms with Gasteiger partial charge in [0.05, 0.1) is 22.6 Å². The van der Waals surface area contributed by atoms with Crippen LogP contribution in [-0.4, -0.2) is 26.0 Å². The molecular formula is C17H8BrClF3N3O2. The first-order valence-electron chi connectivity index (χ1n) is 7.28. The number of carbonyl (C=O) groups is 1. The summed E-state index contributed by atoms with van der Waals surface area (Å²) in [5, 5.41) is 9.49. The standard InChI is InChI=1S/C17H8BrClF3N3O2/c18-5-12-13(17(26)27)14(9-2-1-7(20)3-10(9)19)25-16(24-12)15-11(22)4-8(21)6-23-15/h1-4,6H,5H2,(H,26,27). The fourth-order valence-corrected chi connectivity index (χ4v) is 3.05. The molecule has 0 saturated heterocycles. The molecule has 1 aromatic carbocycles. The van der Waals surface area contributed by atoms with Gasteiger partial charge in [-0.3, -0.25) is 0 Å². The molecule has 2 heterocycles. The van der Waals surface area contributed by atoms with Crippen LogP contribution in [0.1, 0.15) is 16.1 Å². The number of halogens is 5. The van der Waals surface area contributed by atoms with Gasteiger partial charge in [0, 0.05) is 17.0 Å². The van der Waals surface area contributed by atoms with Crippen molar-refractivity contribution in [3.8, 4) is 22.8 Å². The van der Waals surface area contributed by atoms with Crippen LogP contribution in [0.15, 0.2) is 30.5 Å². The van der Waals surface area contributed by atoms with Crippen LogP contribution in [0.5, 0.6) is 0 Å². The summed E-state index contributed by atoms with van der Waals surface area (Å²) >= 11 is 9.17. The van der Waals surface area contributed by atoms with Crippen LogP contribution >= 0.6 is 27.5 Å². The number of hydrogen-bond donors (Lipinski definition) is 1. The van der Waals surface area contributed by atoms with E-state index in [9.17, 15) is 23.1 Å². The highest BCUT2D eigenvalue weighted by atomic mass is 79.9. The van der Waals surface area contributed by atoms with Crippen molar-refractivity contribution in [2.75, 3.05) is 0 Å². The maximum absolute atomic E-state index is 14.1. The van der Waals surface area contributed by atoms with Crippen LogP contribution in [0.25, 0.3) is 22.8 Å². The molecular weight excluding hydrogens is 451 g/mol. The van der Waals surface area contributed by atoms with Crippen LogP contribution in [0.4, 0.5) is 13.2 Å². The fraction of sp³-hybridized carbons (Fsp3) is 0.0588. The van der Waals surface area contributed by atoms with Gasteiger partial charge >= 0.3 is 5.97 Å². The second-order valence-electron chi connectivity index (χ2n) is 5.26. The number of aromatic nitrogens is 3. The Morgan fingerprint density at radius 3 is 2.44 bits per heavy atom. The van der Waals surface area contributed by atoms with Crippen molar-refractivity contribution >= 4 is 33.5 Å². The Kier molecular flexibility index (Phi) is 5.43. The molecule has 0 unspecified atom stereocenters. The van der Waals surface area contributed by atoms with Gasteiger partial charge in [-0.1, -0.05) is 27.5 Å². The number of hydrogen-bond acceptors (Lipinski definition) is 4. The molecule has 0 aliphatic carbocycles. The van der Waals surface area contributed by atoms with E-state index in [0.29, 0.717) is 6.07 Å². The fourth-order valence-electron chi connectivity index (χ4n) is 2.39. The van der Waals surface area contributed by atoms with Crippen molar-refractivity contribution in [1.29, 1.82) is 0 Å². The molecule has 0 amide bonds. The molecule has 3 aromatic rings. The lowest BCUT2D eigenvalue weighted by Crippen LogP contribution is -2.11. The average Bonchev–Trinajstić information content (AvgIpc) is 2.60. The second kappa shape index (κ2) is 7.61. The quantitative estimate of drug-likeness (QED) is 0.565. The van der Waals surface area contributed by atoms with E-state index in [-0.39, 0.29) is 44.4 Å². The minimum Gasteiger partial charge on any atom is -0.478 e. The van der Waals surface area contributed by atoms with Gasteiger partial charge in [-0.2, -0.15) is 0 Å². The van der Waals surface area contributed by atoms with E-state index in [1.165, 1.54) is 6.07 Å². The maximum atomic E-state index is 14.1. The SMILES string of the molecule is O=C(O)c1c(CBr)nc(-c2ncc(F)cc2F)nc1-c1ccc(F)cc1Cl. The Balaban J connectivity index is 2.34. The van der Waals surface area contributed by atoms with Crippen molar-refractivity contribution in [2.24, 2.45) is 0 Å². The molecule has 5 nitrogen and oxygen atoms in total. The van der Waals surface area contributed by atoms with E-state index in [4.69, 9.17) is 11.6 Å². The first kappa shape index (κ1) is 19.2. The molecule has 3 rings (SSSR count). The number of carboxylic acid groups (broad SMARTS) is 1. The average molecular weight is 459 g/mol. The molecule has 0 spiro atoms. The molecule has 0 atom stereocenters. The Hall–Kier alpha value is -2.52. The summed E-state index contributed by atoms with van der Waals surface area (Å²) < 4.78 is 40.6. The lowest BCUT2D eigenvalue weighted by atomic mass is 10.0. The summed E-state index contributed by atoms with van der Waals surface area (Å²) in [5.74, 6) is -4.14. The topological polar surface area (TPSA) is 76.0 Å². The molecule has 0 radical (unpaired) electrons. The highest BCUT2D eigenvalue weighted by Gasteiger charge is 2.24. The van der Waals surface area contributed by atoms with Gasteiger partial charge in [0.15, 0.2) is 11.6 Å². The first-order chi connectivity index (χ1) is 12.8. The van der Waals surface area contributed by atoms with Gasteiger partial charge in [0.2, 0.25) is 0 Å². The molecule has 0 aliphatic heterocycles. The van der Waals surface area contributed by atoms with E-state index in [2.05, 4.69) is 30.9 Å². The van der Waals surface area contributed by atoms with E-state index in [0.717, 1.165) is 18.3 Å². The van der Waals surface area contributed by atoms with E-state index >= 15 is 0 Å². The minimum absolute atomic E-state index is 0.00121. The summed E-state index contributed by atoms with van der Waals surface area (Å²) in [6.45, 7) is 0. The first-order valence-corrected chi connectivity index (χ1v) is 8.78. The third kappa shape index (κ3) is 3.79. The molecule has 10 heteroatoms. The predicted molar refractivity (Wildman–Crippen MR) is 95.2 cm³/mol. The zero-order chi connectivity index (χ0) is 19.7. The summed E-state index contributed by atoms with van der Waals surface area (Å²) in [4.78, 5) is 23.5. The van der Waals surface area contributed by atoms with E-state index in [1.54, 1.807) is 0 Å². The third-order valence-electron chi connectivity index (χ3n) is 3.53. The summed E-state index contributed by atoms with van der Waals surface area (Å²) in [6, 6.07) is 3.94. The summed E-state index contributed by atoms with van der Waals surface area (Å²) in [5.41, 5.74) is -0.656. The lowest BCUT2D eigenvalue weighted by Gasteiger charge is -2.13. The van der Waals surface area contributed by atoms with Crippen LogP contribution in [0.2, 0.25) is 5.02 Å². The Morgan fingerprint density at radius 2 is 1.85 bits per heavy atom. The minimum atomic E-state index is -1.35. The monoisotopic (exact) mass is 457 g/mol. The van der Waals surface area contributed by atoms with Gasteiger partial charge in [0.25, 0.3) is 0 Å². The predicted octanol–water partition coefficient (Wildman–Crippen LogP) is 4.87. The lowest BCUT2D eigenvalue weighted by molar-refractivity contribution is 0.0696. The van der Waals surface area contributed by atoms with Crippen molar-refractivity contribution in [3.63, 3.8) is 0 Å². The van der Waals surface area contributed by atoms with Gasteiger partial charge in [-0.05, 0) is 18.2 Å². The highest BCUT2D eigenvalue weighted by Crippen LogP contribution is 2.33. The zero-order valence-electron chi connectivity index (χ0n) is 13.2. The number of pyridine rings is 1. The number of alkyl halides is 1. The van der Waals surface area contributed by atoms with Crippen LogP contribution in [-0.2, 0) is 5.33 Å². The van der Waals surface area contributed by atoms with Crippen molar-refractivity contribution in [2.45, 2.75) is 5.33 Å². The van der Waals surface area contributed by atoms with Crippen molar-refractivity contribution < 1.29 is 23.1 Å². The van der Waals surface area contributed by atoms with Gasteiger partial charge in [-0.25, -0.2) is 32.9 Å². The number of aromatic carboxylic acids is 1. The number of benzene rings is 1. The molecule has 27 heavy (non-hydrogen) atoms. The molecule has 1 N–H and O–H groups in total. The molecule has 138 valence electrons. The van der Waals surface area contributed by atoms with E-state index < -0.39 is 23.4 Å².